The quantitative estimate of drug-likeness (QED) is 0.740. The molecule has 2 atom stereocenters. The van der Waals surface area contributed by atoms with Gasteiger partial charge in [-0.15, -0.1) is 0 Å². The fourth-order valence-electron chi connectivity index (χ4n) is 3.67. The van der Waals surface area contributed by atoms with Gasteiger partial charge in [-0.25, -0.2) is 0 Å². The fourth-order valence-corrected chi connectivity index (χ4v) is 4.34. The van der Waals surface area contributed by atoms with Crippen molar-refractivity contribution < 1.29 is 4.43 Å². The summed E-state index contributed by atoms with van der Waals surface area (Å²) >= 11 is 0. The first-order chi connectivity index (χ1) is 12.4. The summed E-state index contributed by atoms with van der Waals surface area (Å²) in [5.74, 6) is 0. The van der Waals surface area contributed by atoms with Gasteiger partial charge in [0.05, 0.1) is 18.7 Å². The lowest BCUT2D eigenvalue weighted by atomic mass is 9.76. The Morgan fingerprint density at radius 1 is 1.12 bits per heavy atom. The van der Waals surface area contributed by atoms with Crippen molar-refractivity contribution in [2.75, 3.05) is 6.61 Å². The van der Waals surface area contributed by atoms with E-state index in [0.29, 0.717) is 6.61 Å². The minimum absolute atomic E-state index is 0.00580. The van der Waals surface area contributed by atoms with Gasteiger partial charge in [0, 0.05) is 0 Å². The maximum absolute atomic E-state index is 10.2. The molecule has 26 heavy (non-hydrogen) atoms. The SMILES string of the molecule is C[Si](C)(C)OC[C@H](N[C@@]1(C#N)CCCc2ccccc21)c1ccccc1. The largest absolute Gasteiger partial charge is 0.416 e. The minimum Gasteiger partial charge on any atom is -0.416 e. The van der Waals surface area contributed by atoms with E-state index in [2.05, 4.69) is 61.4 Å². The fraction of sp³-hybridized carbons (Fsp3) is 0.409. The van der Waals surface area contributed by atoms with Crippen molar-refractivity contribution >= 4 is 8.32 Å². The van der Waals surface area contributed by atoms with E-state index < -0.39 is 13.9 Å². The summed E-state index contributed by atoms with van der Waals surface area (Å²) in [5.41, 5.74) is 2.93. The smallest absolute Gasteiger partial charge is 0.183 e. The molecule has 0 unspecified atom stereocenters. The molecule has 0 heterocycles. The molecule has 1 aliphatic carbocycles. The maximum Gasteiger partial charge on any atom is 0.183 e. The van der Waals surface area contributed by atoms with Gasteiger partial charge in [-0.1, -0.05) is 54.6 Å². The van der Waals surface area contributed by atoms with Crippen LogP contribution in [0.3, 0.4) is 0 Å². The van der Waals surface area contributed by atoms with Crippen LogP contribution in [0, 0.1) is 11.3 Å². The lowest BCUT2D eigenvalue weighted by Gasteiger charge is -2.38. The lowest BCUT2D eigenvalue weighted by molar-refractivity contribution is 0.220. The molecule has 0 radical (unpaired) electrons. The zero-order valence-electron chi connectivity index (χ0n) is 16.0. The number of fused-ring (bicyclic) bond motifs is 1. The van der Waals surface area contributed by atoms with Gasteiger partial charge in [0.15, 0.2) is 8.32 Å². The summed E-state index contributed by atoms with van der Waals surface area (Å²) in [5, 5.41) is 13.9. The zero-order chi connectivity index (χ0) is 18.6. The van der Waals surface area contributed by atoms with Crippen LogP contribution in [0.4, 0.5) is 0 Å². The van der Waals surface area contributed by atoms with E-state index in [9.17, 15) is 5.26 Å². The van der Waals surface area contributed by atoms with Crippen LogP contribution < -0.4 is 5.32 Å². The van der Waals surface area contributed by atoms with Gasteiger partial charge in [0.2, 0.25) is 0 Å². The molecule has 1 aliphatic rings. The van der Waals surface area contributed by atoms with E-state index >= 15 is 0 Å². The predicted molar refractivity (Wildman–Crippen MR) is 108 cm³/mol. The number of nitrogens with zero attached hydrogens (tertiary/aromatic N) is 1. The number of nitrogens with one attached hydrogen (secondary N) is 1. The molecule has 0 bridgehead atoms. The molecule has 0 amide bonds. The molecule has 3 rings (SSSR count). The van der Waals surface area contributed by atoms with Crippen LogP contribution in [0.2, 0.25) is 19.6 Å². The number of aryl methyl sites for hydroxylation is 1. The van der Waals surface area contributed by atoms with Crippen molar-refractivity contribution in [3.63, 3.8) is 0 Å². The number of hydrogen-bond donors (Lipinski definition) is 1. The molecule has 136 valence electrons. The van der Waals surface area contributed by atoms with E-state index in [1.165, 1.54) is 11.1 Å². The maximum atomic E-state index is 10.2. The third kappa shape index (κ3) is 4.24. The van der Waals surface area contributed by atoms with Crippen LogP contribution in [0.25, 0.3) is 0 Å². The molecule has 2 aromatic carbocycles. The van der Waals surface area contributed by atoms with Gasteiger partial charge >= 0.3 is 0 Å². The first kappa shape index (κ1) is 18.8. The molecule has 0 aliphatic heterocycles. The van der Waals surface area contributed by atoms with E-state index in [1.807, 2.05) is 24.3 Å². The summed E-state index contributed by atoms with van der Waals surface area (Å²) < 4.78 is 6.23. The Hall–Kier alpha value is -1.93. The highest BCUT2D eigenvalue weighted by atomic mass is 28.4. The Morgan fingerprint density at radius 3 is 2.50 bits per heavy atom. The van der Waals surface area contributed by atoms with Gasteiger partial charge in [0.25, 0.3) is 0 Å². The normalized spacial score (nSPS) is 20.8. The second-order valence-electron chi connectivity index (χ2n) is 8.06. The molecular formula is C22H28N2OSi. The second-order valence-corrected chi connectivity index (χ2v) is 12.6. The Kier molecular flexibility index (Phi) is 5.62. The van der Waals surface area contributed by atoms with E-state index in [4.69, 9.17) is 4.43 Å². The monoisotopic (exact) mass is 364 g/mol. The van der Waals surface area contributed by atoms with Crippen LogP contribution in [-0.2, 0) is 16.4 Å². The van der Waals surface area contributed by atoms with Gasteiger partial charge in [-0.05, 0) is 55.6 Å². The van der Waals surface area contributed by atoms with Crippen LogP contribution in [0.5, 0.6) is 0 Å². The summed E-state index contributed by atoms with van der Waals surface area (Å²) in [4.78, 5) is 0. The molecule has 1 N–H and O–H groups in total. The van der Waals surface area contributed by atoms with Crippen LogP contribution in [0.15, 0.2) is 54.6 Å². The van der Waals surface area contributed by atoms with Crippen molar-refractivity contribution in [1.29, 1.82) is 5.26 Å². The average molecular weight is 365 g/mol. The number of nitriles is 1. The highest BCUT2D eigenvalue weighted by Crippen LogP contribution is 2.37. The van der Waals surface area contributed by atoms with Crippen molar-refractivity contribution in [2.45, 2.75) is 50.5 Å². The Balaban J connectivity index is 1.94. The number of rotatable bonds is 6. The van der Waals surface area contributed by atoms with Crippen molar-refractivity contribution in [3.05, 3.63) is 71.3 Å². The summed E-state index contributed by atoms with van der Waals surface area (Å²) in [6.45, 7) is 7.19. The third-order valence-electron chi connectivity index (χ3n) is 4.97. The zero-order valence-corrected chi connectivity index (χ0v) is 17.0. The minimum atomic E-state index is -1.65. The predicted octanol–water partition coefficient (Wildman–Crippen LogP) is 4.92. The molecule has 3 nitrogen and oxygen atoms in total. The van der Waals surface area contributed by atoms with Crippen LogP contribution >= 0.6 is 0 Å². The first-order valence-corrected chi connectivity index (χ1v) is 12.8. The molecule has 0 fully saturated rings. The Morgan fingerprint density at radius 2 is 1.81 bits per heavy atom. The van der Waals surface area contributed by atoms with E-state index in [0.717, 1.165) is 24.8 Å². The number of hydrogen-bond acceptors (Lipinski definition) is 3. The average Bonchev–Trinajstić information content (AvgIpc) is 2.65. The summed E-state index contributed by atoms with van der Waals surface area (Å²) in [6, 6.07) is 21.3. The first-order valence-electron chi connectivity index (χ1n) is 9.40. The number of benzene rings is 2. The van der Waals surface area contributed by atoms with E-state index in [-0.39, 0.29) is 6.04 Å². The van der Waals surface area contributed by atoms with Crippen LogP contribution in [-0.4, -0.2) is 14.9 Å². The lowest BCUT2D eigenvalue weighted by Crippen LogP contribution is -2.47. The van der Waals surface area contributed by atoms with Crippen LogP contribution in [0.1, 0.15) is 35.6 Å². The van der Waals surface area contributed by atoms with Crippen molar-refractivity contribution in [1.82, 2.24) is 5.32 Å². The molecule has 0 saturated carbocycles. The standard InChI is InChI=1S/C22H28N2OSi/c1-26(2,3)25-16-21(19-11-5-4-6-12-19)24-22(17-23)15-9-13-18-10-7-8-14-20(18)22/h4-8,10-12,14,21,24H,9,13,15-16H2,1-3H3/t21-,22+/m0/s1. The molecule has 4 heteroatoms. The molecule has 0 spiro atoms. The van der Waals surface area contributed by atoms with E-state index in [1.54, 1.807) is 0 Å². The summed E-state index contributed by atoms with van der Waals surface area (Å²) in [6.07, 6.45) is 2.90. The van der Waals surface area contributed by atoms with Crippen molar-refractivity contribution in [3.8, 4) is 6.07 Å². The summed E-state index contributed by atoms with van der Waals surface area (Å²) in [7, 11) is -1.65. The van der Waals surface area contributed by atoms with Gasteiger partial charge in [-0.2, -0.15) is 5.26 Å². The van der Waals surface area contributed by atoms with Gasteiger partial charge < -0.3 is 4.43 Å². The highest BCUT2D eigenvalue weighted by molar-refractivity contribution is 6.69. The van der Waals surface area contributed by atoms with Gasteiger partial charge in [0.1, 0.15) is 5.54 Å². The topological polar surface area (TPSA) is 45.0 Å². The van der Waals surface area contributed by atoms with Crippen molar-refractivity contribution in [2.24, 2.45) is 0 Å². The molecular weight excluding hydrogens is 336 g/mol. The third-order valence-corrected chi connectivity index (χ3v) is 6.00. The van der Waals surface area contributed by atoms with Gasteiger partial charge in [-0.3, -0.25) is 5.32 Å². The highest BCUT2D eigenvalue weighted by Gasteiger charge is 2.38. The Labute approximate surface area is 158 Å². The Bertz CT molecular complexity index is 779. The molecule has 0 aromatic heterocycles. The molecule has 2 aromatic rings. The second kappa shape index (κ2) is 7.75. The molecule has 0 saturated heterocycles.